The average Bonchev–Trinajstić information content (AvgIpc) is 3.32. The molecule has 0 fully saturated rings. The summed E-state index contributed by atoms with van der Waals surface area (Å²) in [6.45, 7) is 8.80. The van der Waals surface area contributed by atoms with Crippen molar-refractivity contribution in [2.24, 2.45) is 5.92 Å². The fourth-order valence-corrected chi connectivity index (χ4v) is 4.41. The van der Waals surface area contributed by atoms with Gasteiger partial charge in [0.15, 0.2) is 11.5 Å². The van der Waals surface area contributed by atoms with Gasteiger partial charge in [0.2, 0.25) is 5.91 Å². The number of amides is 3. The van der Waals surface area contributed by atoms with Crippen LogP contribution in [0.5, 0.6) is 11.5 Å². The summed E-state index contributed by atoms with van der Waals surface area (Å²) in [5.41, 5.74) is 3.13. The number of urea groups is 1. The summed E-state index contributed by atoms with van der Waals surface area (Å²) in [7, 11) is 5.71. The van der Waals surface area contributed by atoms with E-state index in [-0.39, 0.29) is 18.5 Å². The predicted molar refractivity (Wildman–Crippen MR) is 159 cm³/mol. The van der Waals surface area contributed by atoms with Gasteiger partial charge >= 0.3 is 6.03 Å². The first-order chi connectivity index (χ1) is 19.2. The lowest BCUT2D eigenvalue weighted by Crippen LogP contribution is -2.29. The van der Waals surface area contributed by atoms with Crippen LogP contribution < -0.4 is 25.4 Å². The molecule has 1 aromatic carbocycles. The van der Waals surface area contributed by atoms with Gasteiger partial charge in [-0.25, -0.2) is 9.78 Å². The van der Waals surface area contributed by atoms with Crippen molar-refractivity contribution in [3.63, 3.8) is 0 Å². The van der Waals surface area contributed by atoms with Crippen LogP contribution >= 0.6 is 0 Å². The van der Waals surface area contributed by atoms with E-state index in [0.29, 0.717) is 41.8 Å². The standard InChI is InChI=1S/C30H44N6O4/c1-21(2)9-7-16-40-28-18-26(24(17-27(28)39-6)20-32-22(3)37)34-30(38)33-19-23-10-12-31-29-25(23)11-15-36(29)14-8-13-35(4)5/h10-12,15,17-18,21H,7-9,13-14,16,19-20H2,1-6H3,(H,32,37)(H2,33,34,38). The van der Waals surface area contributed by atoms with Gasteiger partial charge in [-0.15, -0.1) is 0 Å². The Morgan fingerprint density at radius 2 is 1.82 bits per heavy atom. The molecule has 10 nitrogen and oxygen atoms in total. The van der Waals surface area contributed by atoms with Crippen LogP contribution in [0.3, 0.4) is 0 Å². The van der Waals surface area contributed by atoms with Crippen LogP contribution in [-0.2, 0) is 24.4 Å². The molecule has 0 aliphatic carbocycles. The molecular weight excluding hydrogens is 508 g/mol. The Hall–Kier alpha value is -3.79. The number of carbonyl (C=O) groups is 2. The molecule has 0 aliphatic rings. The van der Waals surface area contributed by atoms with Crippen LogP contribution in [0.4, 0.5) is 10.5 Å². The number of fused-ring (bicyclic) bond motifs is 1. The Bertz CT molecular complexity index is 1270. The van der Waals surface area contributed by atoms with Crippen molar-refractivity contribution in [2.45, 2.75) is 59.7 Å². The van der Waals surface area contributed by atoms with Crippen LogP contribution in [0.25, 0.3) is 11.0 Å². The molecule has 0 saturated carbocycles. The first kappa shape index (κ1) is 30.7. The van der Waals surface area contributed by atoms with Crippen LogP contribution in [0, 0.1) is 5.92 Å². The minimum absolute atomic E-state index is 0.168. The molecule has 10 heteroatoms. The summed E-state index contributed by atoms with van der Waals surface area (Å²) in [4.78, 5) is 31.3. The maximum atomic E-state index is 13.0. The summed E-state index contributed by atoms with van der Waals surface area (Å²) in [5, 5.41) is 9.70. The predicted octanol–water partition coefficient (Wildman–Crippen LogP) is 4.77. The lowest BCUT2D eigenvalue weighted by molar-refractivity contribution is -0.119. The van der Waals surface area contributed by atoms with Crippen molar-refractivity contribution in [1.29, 1.82) is 0 Å². The maximum Gasteiger partial charge on any atom is 0.319 e. The molecule has 3 N–H and O–H groups in total. The van der Waals surface area contributed by atoms with E-state index in [1.807, 2.05) is 18.3 Å². The van der Waals surface area contributed by atoms with E-state index in [1.165, 1.54) is 6.92 Å². The third-order valence-electron chi connectivity index (χ3n) is 6.55. The smallest absolute Gasteiger partial charge is 0.319 e. The summed E-state index contributed by atoms with van der Waals surface area (Å²) in [6, 6.07) is 7.14. The number of ether oxygens (including phenoxy) is 2. The van der Waals surface area contributed by atoms with Crippen molar-refractivity contribution in [3.05, 3.63) is 47.8 Å². The zero-order valence-corrected chi connectivity index (χ0v) is 24.7. The molecule has 3 amide bonds. The van der Waals surface area contributed by atoms with Gasteiger partial charge in [0, 0.05) is 50.4 Å². The number of rotatable bonds is 15. The SMILES string of the molecule is COc1cc(CNC(C)=O)c(NC(=O)NCc2ccnc3c2ccn3CCCN(C)C)cc1OCCCC(C)C. The van der Waals surface area contributed by atoms with Crippen molar-refractivity contribution >= 4 is 28.7 Å². The van der Waals surface area contributed by atoms with Crippen LogP contribution in [0.2, 0.25) is 0 Å². The van der Waals surface area contributed by atoms with Crippen molar-refractivity contribution in [1.82, 2.24) is 25.1 Å². The first-order valence-corrected chi connectivity index (χ1v) is 13.9. The van der Waals surface area contributed by atoms with Gasteiger partial charge in [0.05, 0.1) is 19.4 Å². The number of pyridine rings is 1. The second kappa shape index (κ2) is 15.1. The molecule has 0 aliphatic heterocycles. The lowest BCUT2D eigenvalue weighted by atomic mass is 10.1. The molecule has 0 unspecified atom stereocenters. The number of nitrogens with zero attached hydrogens (tertiary/aromatic N) is 3. The number of hydrogen-bond acceptors (Lipinski definition) is 6. The molecule has 0 radical (unpaired) electrons. The monoisotopic (exact) mass is 552 g/mol. The van der Waals surface area contributed by atoms with Crippen molar-refractivity contribution in [2.75, 3.05) is 39.7 Å². The van der Waals surface area contributed by atoms with E-state index in [2.05, 4.69) is 58.3 Å². The van der Waals surface area contributed by atoms with E-state index in [4.69, 9.17) is 9.47 Å². The molecule has 0 bridgehead atoms. The average molecular weight is 553 g/mol. The highest BCUT2D eigenvalue weighted by Crippen LogP contribution is 2.34. The van der Waals surface area contributed by atoms with E-state index >= 15 is 0 Å². The molecule has 2 aromatic heterocycles. The summed E-state index contributed by atoms with van der Waals surface area (Å²) >= 11 is 0. The molecule has 3 rings (SSSR count). The van der Waals surface area contributed by atoms with E-state index in [9.17, 15) is 9.59 Å². The molecule has 218 valence electrons. The Balaban J connectivity index is 1.72. The van der Waals surface area contributed by atoms with E-state index < -0.39 is 0 Å². The van der Waals surface area contributed by atoms with Gasteiger partial charge in [0.25, 0.3) is 0 Å². The fraction of sp³-hybridized carbons (Fsp3) is 0.500. The Labute approximate surface area is 237 Å². The fourth-order valence-electron chi connectivity index (χ4n) is 4.41. The van der Waals surface area contributed by atoms with E-state index in [0.717, 1.165) is 48.9 Å². The second-order valence-corrected chi connectivity index (χ2v) is 10.6. The Morgan fingerprint density at radius 3 is 2.52 bits per heavy atom. The molecule has 0 saturated heterocycles. The van der Waals surface area contributed by atoms with Crippen LogP contribution in [0.1, 0.15) is 51.2 Å². The highest BCUT2D eigenvalue weighted by molar-refractivity contribution is 5.91. The zero-order valence-electron chi connectivity index (χ0n) is 24.7. The minimum atomic E-state index is -0.365. The molecular formula is C30H44N6O4. The number of carbonyl (C=O) groups excluding carboxylic acids is 2. The first-order valence-electron chi connectivity index (χ1n) is 13.9. The number of methoxy groups -OCH3 is 1. The number of aromatic nitrogens is 2. The number of benzene rings is 1. The summed E-state index contributed by atoms with van der Waals surface area (Å²) in [5.74, 6) is 1.51. The normalized spacial score (nSPS) is 11.2. The largest absolute Gasteiger partial charge is 0.493 e. The second-order valence-electron chi connectivity index (χ2n) is 10.6. The van der Waals surface area contributed by atoms with Crippen molar-refractivity contribution in [3.8, 4) is 11.5 Å². The van der Waals surface area contributed by atoms with Crippen molar-refractivity contribution < 1.29 is 19.1 Å². The molecule has 2 heterocycles. The summed E-state index contributed by atoms with van der Waals surface area (Å²) in [6.07, 6.45) is 6.81. The highest BCUT2D eigenvalue weighted by atomic mass is 16.5. The van der Waals surface area contributed by atoms with Gasteiger partial charge in [-0.2, -0.15) is 0 Å². The summed E-state index contributed by atoms with van der Waals surface area (Å²) < 4.78 is 13.7. The molecule has 40 heavy (non-hydrogen) atoms. The van der Waals surface area contributed by atoms with Crippen LogP contribution in [0.15, 0.2) is 36.7 Å². The minimum Gasteiger partial charge on any atom is -0.493 e. The highest BCUT2D eigenvalue weighted by Gasteiger charge is 2.15. The lowest BCUT2D eigenvalue weighted by Gasteiger charge is -2.18. The van der Waals surface area contributed by atoms with E-state index in [1.54, 1.807) is 25.4 Å². The molecule has 3 aromatic rings. The number of hydrogen-bond donors (Lipinski definition) is 3. The van der Waals surface area contributed by atoms with Crippen LogP contribution in [-0.4, -0.2) is 60.7 Å². The Morgan fingerprint density at radius 1 is 1.05 bits per heavy atom. The van der Waals surface area contributed by atoms with Gasteiger partial charge in [-0.1, -0.05) is 13.8 Å². The molecule has 0 atom stereocenters. The number of nitrogens with one attached hydrogen (secondary N) is 3. The number of anilines is 1. The van der Waals surface area contributed by atoms with Gasteiger partial charge in [-0.05, 0) is 75.1 Å². The number of aryl methyl sites for hydroxylation is 1. The van der Waals surface area contributed by atoms with Gasteiger partial charge in [0.1, 0.15) is 5.65 Å². The topological polar surface area (TPSA) is 110 Å². The zero-order chi connectivity index (χ0) is 29.1. The van der Waals surface area contributed by atoms with Gasteiger partial charge < -0.3 is 34.9 Å². The third-order valence-corrected chi connectivity index (χ3v) is 6.55. The maximum absolute atomic E-state index is 13.0. The quantitative estimate of drug-likeness (QED) is 0.234. The Kier molecular flexibility index (Phi) is 11.6. The third kappa shape index (κ3) is 9.15. The molecule has 0 spiro atoms. The van der Waals surface area contributed by atoms with Gasteiger partial charge in [-0.3, -0.25) is 4.79 Å².